The van der Waals surface area contributed by atoms with Crippen LogP contribution < -0.4 is 5.32 Å². The van der Waals surface area contributed by atoms with Crippen LogP contribution in [-0.4, -0.2) is 26.8 Å². The molecule has 2 aliphatic rings. The molecule has 2 saturated heterocycles. The summed E-state index contributed by atoms with van der Waals surface area (Å²) in [5.74, 6) is 1.97. The second-order valence-corrected chi connectivity index (χ2v) is 5.93. The van der Waals surface area contributed by atoms with Crippen molar-refractivity contribution in [1.82, 2.24) is 20.1 Å². The molecule has 0 amide bonds. The third-order valence-electron chi connectivity index (χ3n) is 4.25. The maximum Gasteiger partial charge on any atom is 0.133 e. The summed E-state index contributed by atoms with van der Waals surface area (Å²) < 4.78 is 2.21. The van der Waals surface area contributed by atoms with E-state index in [1.54, 1.807) is 0 Å². The summed E-state index contributed by atoms with van der Waals surface area (Å²) in [5.41, 5.74) is 0. The molecule has 2 aliphatic heterocycles. The number of rotatable bonds is 3. The Morgan fingerprint density at radius 1 is 1.35 bits per heavy atom. The van der Waals surface area contributed by atoms with Crippen LogP contribution in [0.5, 0.6) is 0 Å². The second-order valence-electron chi connectivity index (χ2n) is 5.93. The molecule has 17 heavy (non-hydrogen) atoms. The Balaban J connectivity index is 1.68. The lowest BCUT2D eigenvalue weighted by Crippen LogP contribution is -2.38. The number of nitrogens with one attached hydrogen (secondary N) is 1. The van der Waals surface area contributed by atoms with Gasteiger partial charge >= 0.3 is 0 Å². The van der Waals surface area contributed by atoms with Gasteiger partial charge in [0.05, 0.1) is 0 Å². The fourth-order valence-corrected chi connectivity index (χ4v) is 3.44. The van der Waals surface area contributed by atoms with Gasteiger partial charge in [-0.1, -0.05) is 0 Å². The SMILES string of the molecule is CC(C)n1cnnc1CC1CC2CCC(C1)N2. The minimum atomic E-state index is 0.471. The Bertz CT molecular complexity index is 373. The van der Waals surface area contributed by atoms with Crippen LogP contribution in [0.4, 0.5) is 0 Å². The van der Waals surface area contributed by atoms with Crippen molar-refractivity contribution in [2.75, 3.05) is 0 Å². The van der Waals surface area contributed by atoms with Crippen molar-refractivity contribution >= 4 is 0 Å². The molecule has 2 fully saturated rings. The van der Waals surface area contributed by atoms with E-state index in [2.05, 4.69) is 33.9 Å². The van der Waals surface area contributed by atoms with E-state index in [0.29, 0.717) is 6.04 Å². The number of fused-ring (bicyclic) bond motifs is 2. The number of aromatic nitrogens is 3. The van der Waals surface area contributed by atoms with E-state index in [0.717, 1.165) is 24.4 Å². The predicted molar refractivity (Wildman–Crippen MR) is 66.8 cm³/mol. The van der Waals surface area contributed by atoms with Gasteiger partial charge in [-0.25, -0.2) is 0 Å². The second kappa shape index (κ2) is 4.41. The first kappa shape index (κ1) is 11.2. The molecule has 3 rings (SSSR count). The number of hydrogen-bond donors (Lipinski definition) is 1. The van der Waals surface area contributed by atoms with Gasteiger partial charge in [0.1, 0.15) is 12.2 Å². The third kappa shape index (κ3) is 2.23. The Morgan fingerprint density at radius 3 is 2.71 bits per heavy atom. The third-order valence-corrected chi connectivity index (χ3v) is 4.25. The standard InChI is InChI=1S/C13H22N4/c1-9(2)17-8-14-16-13(17)7-10-5-11-3-4-12(6-10)15-11/h8-12,15H,3-7H2,1-2H3. The fraction of sp³-hybridized carbons (Fsp3) is 0.846. The Labute approximate surface area is 103 Å². The first-order valence-corrected chi connectivity index (χ1v) is 6.87. The Hall–Kier alpha value is -0.900. The minimum absolute atomic E-state index is 0.471. The zero-order valence-corrected chi connectivity index (χ0v) is 10.8. The maximum absolute atomic E-state index is 4.29. The van der Waals surface area contributed by atoms with Gasteiger partial charge in [-0.15, -0.1) is 10.2 Å². The summed E-state index contributed by atoms with van der Waals surface area (Å²) in [6.45, 7) is 4.39. The summed E-state index contributed by atoms with van der Waals surface area (Å²) in [6, 6.07) is 2.02. The van der Waals surface area contributed by atoms with Gasteiger partial charge in [-0.3, -0.25) is 0 Å². The van der Waals surface area contributed by atoms with Gasteiger partial charge in [0, 0.05) is 24.5 Å². The molecule has 0 aliphatic carbocycles. The predicted octanol–water partition coefficient (Wildman–Crippen LogP) is 1.93. The molecular weight excluding hydrogens is 212 g/mol. The van der Waals surface area contributed by atoms with Crippen molar-refractivity contribution in [2.45, 2.75) is 64.1 Å². The molecule has 0 spiro atoms. The van der Waals surface area contributed by atoms with Crippen molar-refractivity contribution in [1.29, 1.82) is 0 Å². The first-order valence-electron chi connectivity index (χ1n) is 6.87. The molecule has 4 nitrogen and oxygen atoms in total. The van der Waals surface area contributed by atoms with Crippen LogP contribution in [0, 0.1) is 5.92 Å². The van der Waals surface area contributed by atoms with Gasteiger partial charge in [0.2, 0.25) is 0 Å². The lowest BCUT2D eigenvalue weighted by molar-refractivity contribution is 0.291. The molecule has 1 aromatic heterocycles. The lowest BCUT2D eigenvalue weighted by Gasteiger charge is -2.29. The largest absolute Gasteiger partial charge is 0.315 e. The van der Waals surface area contributed by atoms with Gasteiger partial charge in [-0.05, 0) is 45.4 Å². The van der Waals surface area contributed by atoms with E-state index in [1.807, 2.05) is 6.33 Å². The fourth-order valence-electron chi connectivity index (χ4n) is 3.44. The van der Waals surface area contributed by atoms with Crippen LogP contribution in [0.15, 0.2) is 6.33 Å². The van der Waals surface area contributed by atoms with Crippen molar-refractivity contribution < 1.29 is 0 Å². The van der Waals surface area contributed by atoms with Gasteiger partial charge in [0.25, 0.3) is 0 Å². The van der Waals surface area contributed by atoms with E-state index in [9.17, 15) is 0 Å². The lowest BCUT2D eigenvalue weighted by atomic mass is 9.89. The molecule has 2 unspecified atom stereocenters. The Kier molecular flexibility index (Phi) is 2.90. The highest BCUT2D eigenvalue weighted by Gasteiger charge is 2.33. The van der Waals surface area contributed by atoms with Gasteiger partial charge in [0.15, 0.2) is 0 Å². The van der Waals surface area contributed by atoms with Gasteiger partial charge < -0.3 is 9.88 Å². The van der Waals surface area contributed by atoms with E-state index in [4.69, 9.17) is 0 Å². The first-order chi connectivity index (χ1) is 8.22. The van der Waals surface area contributed by atoms with Gasteiger partial charge in [-0.2, -0.15) is 0 Å². The van der Waals surface area contributed by atoms with Crippen LogP contribution in [-0.2, 0) is 6.42 Å². The monoisotopic (exact) mass is 234 g/mol. The average molecular weight is 234 g/mol. The topological polar surface area (TPSA) is 42.7 Å². The van der Waals surface area contributed by atoms with Crippen LogP contribution in [0.2, 0.25) is 0 Å². The molecule has 1 N–H and O–H groups in total. The van der Waals surface area contributed by atoms with Crippen molar-refractivity contribution in [3.05, 3.63) is 12.2 Å². The molecular formula is C13H22N4. The molecule has 0 radical (unpaired) electrons. The normalized spacial score (nSPS) is 32.3. The number of piperidine rings is 1. The van der Waals surface area contributed by atoms with Crippen LogP contribution in [0.3, 0.4) is 0 Å². The highest BCUT2D eigenvalue weighted by atomic mass is 15.3. The molecule has 2 bridgehead atoms. The van der Waals surface area contributed by atoms with Crippen LogP contribution in [0.25, 0.3) is 0 Å². The average Bonchev–Trinajstić information content (AvgIpc) is 2.86. The summed E-state index contributed by atoms with van der Waals surface area (Å²) in [5, 5.41) is 12.0. The summed E-state index contributed by atoms with van der Waals surface area (Å²) in [7, 11) is 0. The highest BCUT2D eigenvalue weighted by molar-refractivity contribution is 4.97. The molecule has 0 aromatic carbocycles. The zero-order valence-electron chi connectivity index (χ0n) is 10.8. The quantitative estimate of drug-likeness (QED) is 0.869. The summed E-state index contributed by atoms with van der Waals surface area (Å²) in [6.07, 6.45) is 8.36. The minimum Gasteiger partial charge on any atom is -0.315 e. The molecule has 4 heteroatoms. The van der Waals surface area contributed by atoms with E-state index in [-0.39, 0.29) is 0 Å². The summed E-state index contributed by atoms with van der Waals surface area (Å²) >= 11 is 0. The van der Waals surface area contributed by atoms with E-state index >= 15 is 0 Å². The van der Waals surface area contributed by atoms with Crippen molar-refractivity contribution in [3.63, 3.8) is 0 Å². The van der Waals surface area contributed by atoms with Crippen molar-refractivity contribution in [3.8, 4) is 0 Å². The van der Waals surface area contributed by atoms with Crippen molar-refractivity contribution in [2.24, 2.45) is 5.92 Å². The number of nitrogens with zero attached hydrogens (tertiary/aromatic N) is 3. The smallest absolute Gasteiger partial charge is 0.133 e. The highest BCUT2D eigenvalue weighted by Crippen LogP contribution is 2.32. The number of hydrogen-bond acceptors (Lipinski definition) is 3. The van der Waals surface area contributed by atoms with Crippen LogP contribution in [0.1, 0.15) is 51.4 Å². The molecule has 2 atom stereocenters. The van der Waals surface area contributed by atoms with E-state index < -0.39 is 0 Å². The molecule has 94 valence electrons. The maximum atomic E-state index is 4.29. The molecule has 3 heterocycles. The summed E-state index contributed by atoms with van der Waals surface area (Å²) in [4.78, 5) is 0. The Morgan fingerprint density at radius 2 is 2.06 bits per heavy atom. The van der Waals surface area contributed by atoms with Crippen LogP contribution >= 0.6 is 0 Å². The van der Waals surface area contributed by atoms with E-state index in [1.165, 1.54) is 31.5 Å². The molecule has 0 saturated carbocycles. The molecule has 1 aromatic rings. The zero-order chi connectivity index (χ0) is 11.8.